The first-order chi connectivity index (χ1) is 9.97. The van der Waals surface area contributed by atoms with Crippen molar-refractivity contribution in [3.8, 4) is 5.75 Å². The number of carbonyl (C=O) groups excluding carboxylic acids is 2. The van der Waals surface area contributed by atoms with Crippen molar-refractivity contribution >= 4 is 23.2 Å². The van der Waals surface area contributed by atoms with E-state index in [1.54, 1.807) is 0 Å². The van der Waals surface area contributed by atoms with E-state index in [0.29, 0.717) is 11.4 Å². The Bertz CT molecular complexity index is 658. The molecule has 0 aliphatic rings. The number of rotatable bonds is 2. The van der Waals surface area contributed by atoms with Crippen molar-refractivity contribution in [2.75, 3.05) is 10.6 Å². The molecule has 108 valence electrons. The van der Waals surface area contributed by atoms with Gasteiger partial charge in [0.05, 0.1) is 0 Å². The second kappa shape index (κ2) is 6.09. The van der Waals surface area contributed by atoms with Crippen molar-refractivity contribution in [2.24, 2.45) is 0 Å². The fourth-order valence-corrected chi connectivity index (χ4v) is 1.91. The summed E-state index contributed by atoms with van der Waals surface area (Å²) in [5, 5.41) is 14.2. The van der Waals surface area contributed by atoms with Crippen LogP contribution in [-0.4, -0.2) is 16.9 Å². The predicted molar refractivity (Wildman–Crippen MR) is 81.3 cm³/mol. The molecule has 2 aromatic carbocycles. The van der Waals surface area contributed by atoms with Crippen LogP contribution in [0.2, 0.25) is 0 Å². The average molecular weight is 284 g/mol. The summed E-state index contributed by atoms with van der Waals surface area (Å²) in [6.45, 7) is 3.72. The third-order valence-corrected chi connectivity index (χ3v) is 3.05. The van der Waals surface area contributed by atoms with E-state index in [1.165, 1.54) is 24.3 Å². The zero-order chi connectivity index (χ0) is 15.4. The lowest BCUT2D eigenvalue weighted by Gasteiger charge is -2.11. The van der Waals surface area contributed by atoms with E-state index >= 15 is 0 Å². The summed E-state index contributed by atoms with van der Waals surface area (Å²) >= 11 is 0. The first-order valence-electron chi connectivity index (χ1n) is 6.45. The lowest BCUT2D eigenvalue weighted by molar-refractivity contribution is -0.133. The van der Waals surface area contributed by atoms with Gasteiger partial charge in [0.2, 0.25) is 0 Å². The summed E-state index contributed by atoms with van der Waals surface area (Å²) in [5.74, 6) is -1.41. The van der Waals surface area contributed by atoms with Crippen LogP contribution in [0.5, 0.6) is 5.75 Å². The Balaban J connectivity index is 2.06. The molecule has 0 spiro atoms. The van der Waals surface area contributed by atoms with Gasteiger partial charge in [0.15, 0.2) is 0 Å². The number of nitrogens with one attached hydrogen (secondary N) is 2. The summed E-state index contributed by atoms with van der Waals surface area (Å²) in [5.41, 5.74) is 2.86. The van der Waals surface area contributed by atoms with Crippen LogP contribution in [0.1, 0.15) is 11.1 Å². The highest BCUT2D eigenvalue weighted by molar-refractivity contribution is 6.43. The third-order valence-electron chi connectivity index (χ3n) is 3.05. The standard InChI is InChI=1S/C16H16N2O3/c1-10-4-3-5-11(2)14(10)18-16(21)15(20)17-12-6-8-13(19)9-7-12/h3-9,19H,1-2H3,(H,17,20)(H,18,21). The van der Waals surface area contributed by atoms with Gasteiger partial charge in [-0.2, -0.15) is 0 Å². The lowest BCUT2D eigenvalue weighted by atomic mass is 10.1. The van der Waals surface area contributed by atoms with Crippen LogP contribution in [0.3, 0.4) is 0 Å². The van der Waals surface area contributed by atoms with Crippen LogP contribution in [0.25, 0.3) is 0 Å². The van der Waals surface area contributed by atoms with Gasteiger partial charge in [0.1, 0.15) is 5.75 Å². The Hall–Kier alpha value is -2.82. The maximum Gasteiger partial charge on any atom is 0.314 e. The molecule has 21 heavy (non-hydrogen) atoms. The highest BCUT2D eigenvalue weighted by atomic mass is 16.3. The van der Waals surface area contributed by atoms with E-state index in [0.717, 1.165) is 11.1 Å². The van der Waals surface area contributed by atoms with Crippen molar-refractivity contribution < 1.29 is 14.7 Å². The summed E-state index contributed by atoms with van der Waals surface area (Å²) in [7, 11) is 0. The Morgan fingerprint density at radius 3 is 1.95 bits per heavy atom. The number of hydrogen-bond acceptors (Lipinski definition) is 3. The molecule has 2 amide bonds. The maximum absolute atomic E-state index is 11.9. The van der Waals surface area contributed by atoms with Gasteiger partial charge in [-0.05, 0) is 49.2 Å². The van der Waals surface area contributed by atoms with E-state index in [-0.39, 0.29) is 5.75 Å². The second-order valence-electron chi connectivity index (χ2n) is 4.72. The molecule has 0 heterocycles. The number of phenolic OH excluding ortho intramolecular Hbond substituents is 1. The molecule has 0 unspecified atom stereocenters. The van der Waals surface area contributed by atoms with Crippen LogP contribution in [-0.2, 0) is 9.59 Å². The molecule has 2 rings (SSSR count). The first-order valence-corrected chi connectivity index (χ1v) is 6.45. The molecule has 0 radical (unpaired) electrons. The molecule has 0 bridgehead atoms. The minimum atomic E-state index is -0.761. The van der Waals surface area contributed by atoms with Crippen LogP contribution in [0.4, 0.5) is 11.4 Å². The summed E-state index contributed by atoms with van der Waals surface area (Å²) in [4.78, 5) is 23.8. The van der Waals surface area contributed by atoms with Crippen LogP contribution < -0.4 is 10.6 Å². The van der Waals surface area contributed by atoms with Gasteiger partial charge in [-0.15, -0.1) is 0 Å². The molecule has 5 nitrogen and oxygen atoms in total. The Morgan fingerprint density at radius 2 is 1.38 bits per heavy atom. The number of aromatic hydroxyl groups is 1. The van der Waals surface area contributed by atoms with Gasteiger partial charge in [-0.25, -0.2) is 0 Å². The largest absolute Gasteiger partial charge is 0.508 e. The molecule has 2 aromatic rings. The van der Waals surface area contributed by atoms with Crippen LogP contribution >= 0.6 is 0 Å². The molecule has 3 N–H and O–H groups in total. The zero-order valence-electron chi connectivity index (χ0n) is 11.8. The number of benzene rings is 2. The monoisotopic (exact) mass is 284 g/mol. The molecule has 0 aliphatic carbocycles. The first kappa shape index (κ1) is 14.6. The maximum atomic E-state index is 11.9. The number of phenols is 1. The molecule has 0 aliphatic heterocycles. The van der Waals surface area contributed by atoms with Gasteiger partial charge in [0, 0.05) is 11.4 Å². The smallest absolute Gasteiger partial charge is 0.314 e. The number of amides is 2. The van der Waals surface area contributed by atoms with Crippen molar-refractivity contribution in [1.82, 2.24) is 0 Å². The molecule has 0 saturated carbocycles. The average Bonchev–Trinajstić information content (AvgIpc) is 2.45. The van der Waals surface area contributed by atoms with Gasteiger partial charge in [-0.1, -0.05) is 18.2 Å². The topological polar surface area (TPSA) is 78.4 Å². The third kappa shape index (κ3) is 3.60. The normalized spacial score (nSPS) is 10.0. The molecule has 0 aromatic heterocycles. The Kier molecular flexibility index (Phi) is 4.23. The van der Waals surface area contributed by atoms with Gasteiger partial charge >= 0.3 is 11.8 Å². The van der Waals surface area contributed by atoms with E-state index < -0.39 is 11.8 Å². The van der Waals surface area contributed by atoms with E-state index in [2.05, 4.69) is 10.6 Å². The highest BCUT2D eigenvalue weighted by Gasteiger charge is 2.15. The highest BCUT2D eigenvalue weighted by Crippen LogP contribution is 2.19. The molecule has 5 heteroatoms. The van der Waals surface area contributed by atoms with Gasteiger partial charge < -0.3 is 15.7 Å². The number of anilines is 2. The predicted octanol–water partition coefficient (Wildman–Crippen LogP) is 2.59. The number of aryl methyl sites for hydroxylation is 2. The number of hydrogen-bond donors (Lipinski definition) is 3. The molecule has 0 atom stereocenters. The minimum Gasteiger partial charge on any atom is -0.508 e. The lowest BCUT2D eigenvalue weighted by Crippen LogP contribution is -2.29. The van der Waals surface area contributed by atoms with Gasteiger partial charge in [0.25, 0.3) is 0 Å². The summed E-state index contributed by atoms with van der Waals surface area (Å²) < 4.78 is 0. The quantitative estimate of drug-likeness (QED) is 0.586. The second-order valence-corrected chi connectivity index (χ2v) is 4.72. The van der Waals surface area contributed by atoms with Crippen molar-refractivity contribution in [3.63, 3.8) is 0 Å². The molecule has 0 fully saturated rings. The van der Waals surface area contributed by atoms with Crippen molar-refractivity contribution in [2.45, 2.75) is 13.8 Å². The number of para-hydroxylation sites is 1. The Labute approximate surface area is 122 Å². The molecular formula is C16H16N2O3. The number of carbonyl (C=O) groups is 2. The van der Waals surface area contributed by atoms with E-state index in [4.69, 9.17) is 5.11 Å². The Morgan fingerprint density at radius 1 is 0.857 bits per heavy atom. The zero-order valence-corrected chi connectivity index (χ0v) is 11.8. The van der Waals surface area contributed by atoms with Crippen LogP contribution in [0.15, 0.2) is 42.5 Å². The summed E-state index contributed by atoms with van der Waals surface area (Å²) in [6.07, 6.45) is 0. The molecule has 0 saturated heterocycles. The summed E-state index contributed by atoms with van der Waals surface area (Å²) in [6, 6.07) is 11.5. The fourth-order valence-electron chi connectivity index (χ4n) is 1.91. The van der Waals surface area contributed by atoms with Crippen molar-refractivity contribution in [1.29, 1.82) is 0 Å². The van der Waals surface area contributed by atoms with Crippen LogP contribution in [0, 0.1) is 13.8 Å². The van der Waals surface area contributed by atoms with E-state index in [1.807, 2.05) is 32.0 Å². The minimum absolute atomic E-state index is 0.0907. The van der Waals surface area contributed by atoms with Gasteiger partial charge in [-0.3, -0.25) is 9.59 Å². The van der Waals surface area contributed by atoms with Crippen molar-refractivity contribution in [3.05, 3.63) is 53.6 Å². The van der Waals surface area contributed by atoms with E-state index in [9.17, 15) is 9.59 Å². The SMILES string of the molecule is Cc1cccc(C)c1NC(=O)C(=O)Nc1ccc(O)cc1. The fraction of sp³-hybridized carbons (Fsp3) is 0.125. The molecular weight excluding hydrogens is 268 g/mol.